The van der Waals surface area contributed by atoms with Gasteiger partial charge in [0.1, 0.15) is 5.75 Å². The lowest BCUT2D eigenvalue weighted by Gasteiger charge is -2.25. The maximum atomic E-state index is 10.2. The molecule has 0 aliphatic heterocycles. The van der Waals surface area contributed by atoms with Crippen LogP contribution < -0.4 is 10.5 Å². The number of halogens is 1. The molecule has 0 aromatic heterocycles. The van der Waals surface area contributed by atoms with Crippen LogP contribution in [0.25, 0.3) is 0 Å². The second-order valence-electron chi connectivity index (χ2n) is 5.75. The van der Waals surface area contributed by atoms with Crippen molar-refractivity contribution in [2.24, 2.45) is 5.73 Å². The molecule has 3 atom stereocenters. The molecule has 0 saturated carbocycles. The Morgan fingerprint density at radius 2 is 1.95 bits per heavy atom. The Bertz CT molecular complexity index is 476. The highest BCUT2D eigenvalue weighted by atomic mass is 35.5. The molecule has 3 N–H and O–H groups in total. The van der Waals surface area contributed by atoms with Gasteiger partial charge in [0.2, 0.25) is 0 Å². The number of nitrogens with two attached hydrogens (primary N) is 1. The van der Waals surface area contributed by atoms with Crippen LogP contribution in [0, 0.1) is 13.8 Å². The zero-order chi connectivity index (χ0) is 16.2. The van der Waals surface area contributed by atoms with Gasteiger partial charge in [0.25, 0.3) is 0 Å². The molecule has 0 spiro atoms. The number of hydrogen-bond acceptors (Lipinski definition) is 3. The van der Waals surface area contributed by atoms with Crippen LogP contribution in [-0.2, 0) is 0 Å². The molecule has 0 fully saturated rings. The molecule has 3 unspecified atom stereocenters. The number of ether oxygens (including phenoxy) is 1. The van der Waals surface area contributed by atoms with E-state index < -0.39 is 6.10 Å². The molecule has 0 aliphatic carbocycles. The first kappa shape index (κ1) is 18.3. The third kappa shape index (κ3) is 4.35. The SMILES string of the molecule is CCOc1cc(C)c(Cl)c(C)c1C(C)CC(O)C(N)CC. The summed E-state index contributed by atoms with van der Waals surface area (Å²) >= 11 is 6.38. The van der Waals surface area contributed by atoms with Gasteiger partial charge in [0, 0.05) is 16.6 Å². The fourth-order valence-corrected chi connectivity index (χ4v) is 2.91. The molecule has 0 heterocycles. The Hall–Kier alpha value is -0.770. The molecule has 0 amide bonds. The van der Waals surface area contributed by atoms with Gasteiger partial charge in [-0.1, -0.05) is 25.4 Å². The summed E-state index contributed by atoms with van der Waals surface area (Å²) in [5, 5.41) is 11.0. The van der Waals surface area contributed by atoms with Gasteiger partial charge < -0.3 is 15.6 Å². The zero-order valence-corrected chi connectivity index (χ0v) is 14.5. The molecule has 3 nitrogen and oxygen atoms in total. The van der Waals surface area contributed by atoms with Crippen molar-refractivity contribution >= 4 is 11.6 Å². The quantitative estimate of drug-likeness (QED) is 0.801. The van der Waals surface area contributed by atoms with Crippen LogP contribution in [0.5, 0.6) is 5.75 Å². The smallest absolute Gasteiger partial charge is 0.123 e. The largest absolute Gasteiger partial charge is 0.494 e. The molecule has 0 radical (unpaired) electrons. The molecular formula is C17H28ClNO2. The Balaban J connectivity index is 3.12. The minimum Gasteiger partial charge on any atom is -0.494 e. The summed E-state index contributed by atoms with van der Waals surface area (Å²) < 4.78 is 5.77. The molecule has 1 aromatic carbocycles. The van der Waals surface area contributed by atoms with Gasteiger partial charge >= 0.3 is 0 Å². The van der Waals surface area contributed by atoms with Crippen molar-refractivity contribution in [3.63, 3.8) is 0 Å². The Morgan fingerprint density at radius 3 is 2.48 bits per heavy atom. The molecule has 4 heteroatoms. The highest BCUT2D eigenvalue weighted by molar-refractivity contribution is 6.32. The molecule has 0 aliphatic rings. The van der Waals surface area contributed by atoms with Gasteiger partial charge in [-0.05, 0) is 56.7 Å². The van der Waals surface area contributed by atoms with Crippen molar-refractivity contribution in [2.75, 3.05) is 6.61 Å². The van der Waals surface area contributed by atoms with Crippen LogP contribution in [0.15, 0.2) is 6.07 Å². The van der Waals surface area contributed by atoms with Gasteiger partial charge in [-0.25, -0.2) is 0 Å². The number of hydrogen-bond donors (Lipinski definition) is 2. The maximum absolute atomic E-state index is 10.2. The molecule has 1 rings (SSSR count). The van der Waals surface area contributed by atoms with E-state index in [1.807, 2.05) is 33.8 Å². The number of rotatable bonds is 7. The van der Waals surface area contributed by atoms with Crippen LogP contribution in [-0.4, -0.2) is 23.9 Å². The van der Waals surface area contributed by atoms with E-state index in [1.165, 1.54) is 0 Å². The fourth-order valence-electron chi connectivity index (χ4n) is 2.75. The van der Waals surface area contributed by atoms with Gasteiger partial charge in [-0.3, -0.25) is 0 Å². The van der Waals surface area contributed by atoms with Gasteiger partial charge in [-0.2, -0.15) is 0 Å². The minimum absolute atomic E-state index is 0.136. The van der Waals surface area contributed by atoms with Crippen molar-refractivity contribution in [1.29, 1.82) is 0 Å². The summed E-state index contributed by atoms with van der Waals surface area (Å²) in [5.41, 5.74) is 9.05. The average molecular weight is 314 g/mol. The summed E-state index contributed by atoms with van der Waals surface area (Å²) in [6.07, 6.45) is 0.855. The predicted octanol–water partition coefficient (Wildman–Crippen LogP) is 3.95. The van der Waals surface area contributed by atoms with E-state index in [1.54, 1.807) is 0 Å². The number of aryl methyl sites for hydroxylation is 1. The lowest BCUT2D eigenvalue weighted by atomic mass is 9.87. The second kappa shape index (κ2) is 8.02. The summed E-state index contributed by atoms with van der Waals surface area (Å²) in [4.78, 5) is 0. The van der Waals surface area contributed by atoms with Gasteiger partial charge in [0.05, 0.1) is 12.7 Å². The third-order valence-corrected chi connectivity index (χ3v) is 4.63. The minimum atomic E-state index is -0.515. The fraction of sp³-hybridized carbons (Fsp3) is 0.647. The van der Waals surface area contributed by atoms with Crippen molar-refractivity contribution in [3.05, 3.63) is 27.8 Å². The van der Waals surface area contributed by atoms with E-state index in [0.717, 1.165) is 33.9 Å². The van der Waals surface area contributed by atoms with Crippen LogP contribution >= 0.6 is 11.6 Å². The molecule has 0 saturated heterocycles. The monoisotopic (exact) mass is 313 g/mol. The zero-order valence-electron chi connectivity index (χ0n) is 13.7. The lowest BCUT2D eigenvalue weighted by Crippen LogP contribution is -2.34. The number of benzene rings is 1. The van der Waals surface area contributed by atoms with Crippen molar-refractivity contribution < 1.29 is 9.84 Å². The third-order valence-electron chi connectivity index (χ3n) is 4.05. The van der Waals surface area contributed by atoms with Crippen LogP contribution in [0.4, 0.5) is 0 Å². The first-order valence-corrected chi connectivity index (χ1v) is 8.07. The van der Waals surface area contributed by atoms with E-state index in [0.29, 0.717) is 13.0 Å². The Morgan fingerprint density at radius 1 is 1.33 bits per heavy atom. The molecule has 120 valence electrons. The normalized spacial score (nSPS) is 15.6. The topological polar surface area (TPSA) is 55.5 Å². The van der Waals surface area contributed by atoms with Gasteiger partial charge in [-0.15, -0.1) is 0 Å². The summed E-state index contributed by atoms with van der Waals surface area (Å²) in [6, 6.07) is 1.79. The standard InChI is InChI=1S/C17H28ClNO2/c1-6-13(19)14(20)8-10(3)16-12(5)17(18)11(4)9-15(16)21-7-2/h9-10,13-14,20H,6-8,19H2,1-5H3. The molecule has 21 heavy (non-hydrogen) atoms. The first-order valence-electron chi connectivity index (χ1n) is 7.69. The summed E-state index contributed by atoms with van der Waals surface area (Å²) in [7, 11) is 0. The van der Waals surface area contributed by atoms with Crippen LogP contribution in [0.1, 0.15) is 56.2 Å². The first-order chi connectivity index (χ1) is 9.83. The van der Waals surface area contributed by atoms with E-state index in [2.05, 4.69) is 6.92 Å². The van der Waals surface area contributed by atoms with Gasteiger partial charge in [0.15, 0.2) is 0 Å². The predicted molar refractivity (Wildman–Crippen MR) is 89.4 cm³/mol. The summed E-state index contributed by atoms with van der Waals surface area (Å²) in [6.45, 7) is 10.6. The second-order valence-corrected chi connectivity index (χ2v) is 6.13. The summed E-state index contributed by atoms with van der Waals surface area (Å²) in [5.74, 6) is 0.999. The number of aliphatic hydroxyl groups is 1. The van der Waals surface area contributed by atoms with Crippen molar-refractivity contribution in [3.8, 4) is 5.75 Å². The Kier molecular flexibility index (Phi) is 6.98. The molecule has 1 aromatic rings. The van der Waals surface area contributed by atoms with Crippen LogP contribution in [0.3, 0.4) is 0 Å². The van der Waals surface area contributed by atoms with E-state index in [-0.39, 0.29) is 12.0 Å². The van der Waals surface area contributed by atoms with Crippen molar-refractivity contribution in [2.45, 2.75) is 65.5 Å². The average Bonchev–Trinajstić information content (AvgIpc) is 2.44. The maximum Gasteiger partial charge on any atom is 0.123 e. The van der Waals surface area contributed by atoms with E-state index >= 15 is 0 Å². The lowest BCUT2D eigenvalue weighted by molar-refractivity contribution is 0.126. The highest BCUT2D eigenvalue weighted by Gasteiger charge is 2.23. The number of aliphatic hydroxyl groups excluding tert-OH is 1. The van der Waals surface area contributed by atoms with Crippen LogP contribution in [0.2, 0.25) is 5.02 Å². The highest BCUT2D eigenvalue weighted by Crippen LogP contribution is 2.38. The Labute approximate surface area is 133 Å². The van der Waals surface area contributed by atoms with Crippen molar-refractivity contribution in [1.82, 2.24) is 0 Å². The van der Waals surface area contributed by atoms with E-state index in [9.17, 15) is 5.11 Å². The van der Waals surface area contributed by atoms with E-state index in [4.69, 9.17) is 22.1 Å². The molecule has 0 bridgehead atoms. The molecular weight excluding hydrogens is 286 g/mol.